The number of nitrogens with zero attached hydrogens (tertiary/aromatic N) is 2. The lowest BCUT2D eigenvalue weighted by molar-refractivity contribution is 0.0687. The number of benzene rings is 1. The van der Waals surface area contributed by atoms with Gasteiger partial charge in [0.15, 0.2) is 0 Å². The number of sulfonamides is 1. The van der Waals surface area contributed by atoms with Gasteiger partial charge < -0.3 is 4.90 Å². The Kier molecular flexibility index (Phi) is 6.92. The van der Waals surface area contributed by atoms with Gasteiger partial charge in [-0.3, -0.25) is 4.79 Å². The molecule has 0 saturated carbocycles. The highest BCUT2D eigenvalue weighted by Gasteiger charge is 2.26. The summed E-state index contributed by atoms with van der Waals surface area (Å²) in [7, 11) is -3.69. The van der Waals surface area contributed by atoms with Crippen LogP contribution in [0.3, 0.4) is 0 Å². The molecule has 0 radical (unpaired) electrons. The highest BCUT2D eigenvalue weighted by atomic mass is 32.2. The van der Waals surface area contributed by atoms with E-state index in [1.807, 2.05) is 6.26 Å². The highest BCUT2D eigenvalue weighted by molar-refractivity contribution is 7.98. The van der Waals surface area contributed by atoms with E-state index in [1.54, 1.807) is 23.2 Å². The smallest absolute Gasteiger partial charge is 0.256 e. The fraction of sp³-hybridized carbons (Fsp3) is 0.400. The standard InChI is InChI=1S/C20H24FN3O3S2/c1-14-12-16(5-6-18(14)21)29(26,27)23-13-15-7-10-24(11-8-15)20(25)17-4-3-9-22-19(17)28-2/h3-6,9,12,15,23H,7-8,10-11,13H2,1-2H3. The summed E-state index contributed by atoms with van der Waals surface area (Å²) in [6, 6.07) is 7.30. The van der Waals surface area contributed by atoms with Crippen LogP contribution < -0.4 is 4.72 Å². The summed E-state index contributed by atoms with van der Waals surface area (Å²) in [5.74, 6) is -0.327. The van der Waals surface area contributed by atoms with Crippen molar-refractivity contribution in [3.05, 3.63) is 53.5 Å². The molecule has 1 aliphatic rings. The van der Waals surface area contributed by atoms with Crippen molar-refractivity contribution in [3.63, 3.8) is 0 Å². The second kappa shape index (κ2) is 9.23. The fourth-order valence-corrected chi connectivity index (χ4v) is 5.06. The van der Waals surface area contributed by atoms with Crippen molar-refractivity contribution in [2.45, 2.75) is 29.7 Å². The quantitative estimate of drug-likeness (QED) is 0.703. The molecule has 1 aromatic carbocycles. The minimum absolute atomic E-state index is 0.0386. The average molecular weight is 438 g/mol. The summed E-state index contributed by atoms with van der Waals surface area (Å²) in [6.07, 6.45) is 4.99. The summed E-state index contributed by atoms with van der Waals surface area (Å²) in [5, 5.41) is 0.710. The SMILES string of the molecule is CSc1ncccc1C(=O)N1CCC(CNS(=O)(=O)c2ccc(F)c(C)c2)CC1. The van der Waals surface area contributed by atoms with Gasteiger partial charge in [0, 0.05) is 25.8 Å². The zero-order chi connectivity index (χ0) is 21.0. The molecule has 1 aliphatic heterocycles. The zero-order valence-corrected chi connectivity index (χ0v) is 18.0. The Bertz CT molecular complexity index is 990. The van der Waals surface area contributed by atoms with E-state index >= 15 is 0 Å². The van der Waals surface area contributed by atoms with E-state index in [4.69, 9.17) is 0 Å². The number of nitrogens with one attached hydrogen (secondary N) is 1. The van der Waals surface area contributed by atoms with Gasteiger partial charge in [-0.05, 0) is 67.8 Å². The molecule has 3 rings (SSSR count). The molecular weight excluding hydrogens is 413 g/mol. The number of rotatable bonds is 6. The number of aryl methyl sites for hydroxylation is 1. The summed E-state index contributed by atoms with van der Waals surface area (Å²) >= 11 is 1.44. The molecule has 6 nitrogen and oxygen atoms in total. The molecule has 1 N–H and O–H groups in total. The van der Waals surface area contributed by atoms with E-state index in [0.29, 0.717) is 48.6 Å². The van der Waals surface area contributed by atoms with E-state index in [1.165, 1.54) is 30.8 Å². The van der Waals surface area contributed by atoms with Crippen molar-refractivity contribution in [2.24, 2.45) is 5.92 Å². The third-order valence-electron chi connectivity index (χ3n) is 5.10. The van der Waals surface area contributed by atoms with Crippen LogP contribution in [0.2, 0.25) is 0 Å². The van der Waals surface area contributed by atoms with Crippen molar-refractivity contribution in [1.29, 1.82) is 0 Å². The number of aromatic nitrogens is 1. The van der Waals surface area contributed by atoms with Crippen LogP contribution in [0.1, 0.15) is 28.8 Å². The Morgan fingerprint density at radius 1 is 1.31 bits per heavy atom. The molecule has 156 valence electrons. The number of hydrogen-bond acceptors (Lipinski definition) is 5. The lowest BCUT2D eigenvalue weighted by Gasteiger charge is -2.32. The topological polar surface area (TPSA) is 79.4 Å². The van der Waals surface area contributed by atoms with Crippen LogP contribution in [-0.4, -0.2) is 50.1 Å². The molecule has 2 aromatic rings. The van der Waals surface area contributed by atoms with Crippen molar-refractivity contribution < 1.29 is 17.6 Å². The molecule has 0 spiro atoms. The summed E-state index contributed by atoms with van der Waals surface area (Å²) < 4.78 is 40.9. The molecule has 0 atom stereocenters. The maximum Gasteiger partial charge on any atom is 0.256 e. The van der Waals surface area contributed by atoms with Crippen LogP contribution in [0.15, 0.2) is 46.5 Å². The second-order valence-corrected chi connectivity index (χ2v) is 9.62. The normalized spacial score (nSPS) is 15.5. The van der Waals surface area contributed by atoms with Crippen LogP contribution in [0, 0.1) is 18.7 Å². The number of piperidine rings is 1. The Hall–Kier alpha value is -1.97. The van der Waals surface area contributed by atoms with Crippen LogP contribution in [0.4, 0.5) is 4.39 Å². The summed E-state index contributed by atoms with van der Waals surface area (Å²) in [4.78, 5) is 18.9. The predicted molar refractivity (Wildman–Crippen MR) is 111 cm³/mol. The average Bonchev–Trinajstić information content (AvgIpc) is 2.74. The summed E-state index contributed by atoms with van der Waals surface area (Å²) in [6.45, 7) is 2.97. The zero-order valence-electron chi connectivity index (χ0n) is 16.4. The first kappa shape index (κ1) is 21.7. The van der Waals surface area contributed by atoms with E-state index in [9.17, 15) is 17.6 Å². The van der Waals surface area contributed by atoms with Crippen molar-refractivity contribution >= 4 is 27.7 Å². The third kappa shape index (κ3) is 5.15. The lowest BCUT2D eigenvalue weighted by Crippen LogP contribution is -2.41. The predicted octanol–water partition coefficient (Wildman–Crippen LogP) is 3.08. The Morgan fingerprint density at radius 2 is 2.03 bits per heavy atom. The van der Waals surface area contributed by atoms with Crippen LogP contribution >= 0.6 is 11.8 Å². The van der Waals surface area contributed by atoms with Crippen LogP contribution in [0.25, 0.3) is 0 Å². The first-order valence-electron chi connectivity index (χ1n) is 9.36. The van der Waals surface area contributed by atoms with E-state index < -0.39 is 15.8 Å². The van der Waals surface area contributed by atoms with Crippen molar-refractivity contribution in [1.82, 2.24) is 14.6 Å². The largest absolute Gasteiger partial charge is 0.339 e. The van der Waals surface area contributed by atoms with Crippen molar-refractivity contribution in [2.75, 3.05) is 25.9 Å². The van der Waals surface area contributed by atoms with Gasteiger partial charge in [0.25, 0.3) is 5.91 Å². The first-order valence-corrected chi connectivity index (χ1v) is 12.1. The Labute approximate surface area is 175 Å². The first-order chi connectivity index (χ1) is 13.8. The van der Waals surface area contributed by atoms with Gasteiger partial charge in [0.05, 0.1) is 10.5 Å². The molecule has 1 aromatic heterocycles. The molecular formula is C20H24FN3O3S2. The number of carbonyl (C=O) groups excluding carboxylic acids is 1. The van der Waals surface area contributed by atoms with Crippen LogP contribution in [0.5, 0.6) is 0 Å². The third-order valence-corrected chi connectivity index (χ3v) is 7.23. The number of thioether (sulfide) groups is 1. The number of halogens is 1. The van der Waals surface area contributed by atoms with E-state index in [2.05, 4.69) is 9.71 Å². The highest BCUT2D eigenvalue weighted by Crippen LogP contribution is 2.23. The van der Waals surface area contributed by atoms with E-state index in [0.717, 1.165) is 6.07 Å². The van der Waals surface area contributed by atoms with Gasteiger partial charge in [-0.1, -0.05) is 0 Å². The van der Waals surface area contributed by atoms with Gasteiger partial charge in [-0.25, -0.2) is 22.5 Å². The van der Waals surface area contributed by atoms with E-state index in [-0.39, 0.29) is 16.7 Å². The Morgan fingerprint density at radius 3 is 2.69 bits per heavy atom. The van der Waals surface area contributed by atoms with Crippen molar-refractivity contribution in [3.8, 4) is 0 Å². The number of hydrogen-bond donors (Lipinski definition) is 1. The molecule has 2 heterocycles. The minimum Gasteiger partial charge on any atom is -0.339 e. The molecule has 9 heteroatoms. The summed E-state index contributed by atoms with van der Waals surface area (Å²) in [5.41, 5.74) is 0.894. The van der Waals surface area contributed by atoms with Gasteiger partial charge in [-0.15, -0.1) is 11.8 Å². The van der Waals surface area contributed by atoms with Gasteiger partial charge in [-0.2, -0.15) is 0 Å². The van der Waals surface area contributed by atoms with Gasteiger partial charge >= 0.3 is 0 Å². The molecule has 1 fully saturated rings. The maximum atomic E-state index is 13.4. The minimum atomic E-state index is -3.69. The molecule has 1 amide bonds. The number of amides is 1. The number of carbonyl (C=O) groups is 1. The van der Waals surface area contributed by atoms with Gasteiger partial charge in [0.2, 0.25) is 10.0 Å². The second-order valence-electron chi connectivity index (χ2n) is 7.06. The molecule has 0 bridgehead atoms. The molecule has 0 aliphatic carbocycles. The molecule has 29 heavy (non-hydrogen) atoms. The van der Waals surface area contributed by atoms with Crippen LogP contribution in [-0.2, 0) is 10.0 Å². The molecule has 0 unspecified atom stereocenters. The Balaban J connectivity index is 1.56. The number of pyridine rings is 1. The monoisotopic (exact) mass is 437 g/mol. The maximum absolute atomic E-state index is 13.4. The van der Waals surface area contributed by atoms with Gasteiger partial charge in [0.1, 0.15) is 10.8 Å². The fourth-order valence-electron chi connectivity index (χ4n) is 3.32. The lowest BCUT2D eigenvalue weighted by atomic mass is 9.97. The number of likely N-dealkylation sites (tertiary alicyclic amines) is 1. The molecule has 1 saturated heterocycles.